The quantitative estimate of drug-likeness (QED) is 0.563. The fourth-order valence-electron chi connectivity index (χ4n) is 3.57. The highest BCUT2D eigenvalue weighted by Gasteiger charge is 2.24. The Kier molecular flexibility index (Phi) is 4.53. The number of carboxylic acid groups (broad SMARTS) is 1. The first-order valence-electron chi connectivity index (χ1n) is 8.96. The molecular formula is C22H19N3O3. The number of para-hydroxylation sites is 1. The van der Waals surface area contributed by atoms with Crippen LogP contribution in [0.1, 0.15) is 16.1 Å². The number of pyridine rings is 1. The van der Waals surface area contributed by atoms with Crippen molar-refractivity contribution < 1.29 is 14.7 Å². The third kappa shape index (κ3) is 3.09. The van der Waals surface area contributed by atoms with Crippen LogP contribution in [-0.4, -0.2) is 32.6 Å². The summed E-state index contributed by atoms with van der Waals surface area (Å²) in [6.45, 7) is 0. The lowest BCUT2D eigenvalue weighted by atomic mass is 10.1. The number of nitrogens with zero attached hydrogens (tertiary/aromatic N) is 2. The largest absolute Gasteiger partial charge is 0.480 e. The van der Waals surface area contributed by atoms with Crippen molar-refractivity contribution in [3.05, 3.63) is 78.1 Å². The molecule has 0 unspecified atom stereocenters. The molecule has 0 aliphatic heterocycles. The number of carbonyl (C=O) groups excluding carboxylic acids is 1. The summed E-state index contributed by atoms with van der Waals surface area (Å²) < 4.78 is 1.92. The standard InChI is InChI=1S/C22H19N3O3/c1-25-18-10-6-5-9-15(18)16-11-12-23-19(20(16)25)21(26)24-17(22(27)28)13-14-7-3-2-4-8-14/h2-12,17H,13H2,1H3,(H,24,26)(H,27,28)/t17-/m0/s1. The van der Waals surface area contributed by atoms with Gasteiger partial charge in [-0.2, -0.15) is 0 Å². The summed E-state index contributed by atoms with van der Waals surface area (Å²) in [5.74, 6) is -1.58. The Morgan fingerprint density at radius 3 is 2.50 bits per heavy atom. The lowest BCUT2D eigenvalue weighted by molar-refractivity contribution is -0.139. The summed E-state index contributed by atoms with van der Waals surface area (Å²) in [5, 5.41) is 14.1. The zero-order valence-electron chi connectivity index (χ0n) is 15.3. The second-order valence-corrected chi connectivity index (χ2v) is 6.69. The third-order valence-corrected chi connectivity index (χ3v) is 4.92. The van der Waals surface area contributed by atoms with Crippen LogP contribution in [-0.2, 0) is 18.3 Å². The molecule has 0 saturated heterocycles. The first kappa shape index (κ1) is 17.7. The molecule has 2 heterocycles. The highest BCUT2D eigenvalue weighted by Crippen LogP contribution is 2.29. The summed E-state index contributed by atoms with van der Waals surface area (Å²) >= 11 is 0. The molecule has 0 saturated carbocycles. The van der Waals surface area contributed by atoms with Crippen LogP contribution >= 0.6 is 0 Å². The van der Waals surface area contributed by atoms with Crippen LogP contribution in [0.15, 0.2) is 66.9 Å². The number of carboxylic acids is 1. The van der Waals surface area contributed by atoms with E-state index in [1.165, 1.54) is 0 Å². The van der Waals surface area contributed by atoms with Gasteiger partial charge in [0.15, 0.2) is 5.69 Å². The first-order chi connectivity index (χ1) is 13.6. The van der Waals surface area contributed by atoms with Crippen LogP contribution in [0.4, 0.5) is 0 Å². The van der Waals surface area contributed by atoms with Gasteiger partial charge in [-0.3, -0.25) is 4.79 Å². The molecule has 28 heavy (non-hydrogen) atoms. The van der Waals surface area contributed by atoms with Gasteiger partial charge in [-0.25, -0.2) is 9.78 Å². The molecular weight excluding hydrogens is 354 g/mol. The molecule has 6 nitrogen and oxygen atoms in total. The summed E-state index contributed by atoms with van der Waals surface area (Å²) in [6, 6.07) is 17.9. The van der Waals surface area contributed by atoms with E-state index >= 15 is 0 Å². The maximum Gasteiger partial charge on any atom is 0.326 e. The van der Waals surface area contributed by atoms with E-state index in [1.807, 2.05) is 72.3 Å². The molecule has 6 heteroatoms. The van der Waals surface area contributed by atoms with Crippen molar-refractivity contribution in [1.82, 2.24) is 14.9 Å². The number of aliphatic carboxylic acids is 1. The summed E-state index contributed by atoms with van der Waals surface area (Å²) in [4.78, 5) is 28.9. The van der Waals surface area contributed by atoms with Gasteiger partial charge in [0.05, 0.1) is 5.52 Å². The van der Waals surface area contributed by atoms with Gasteiger partial charge < -0.3 is 15.0 Å². The Balaban J connectivity index is 1.71. The van der Waals surface area contributed by atoms with Crippen LogP contribution in [0, 0.1) is 0 Å². The van der Waals surface area contributed by atoms with E-state index in [9.17, 15) is 14.7 Å². The molecule has 2 aromatic carbocycles. The van der Waals surface area contributed by atoms with Crippen molar-refractivity contribution in [3.63, 3.8) is 0 Å². The maximum absolute atomic E-state index is 12.9. The zero-order valence-corrected chi connectivity index (χ0v) is 15.3. The van der Waals surface area contributed by atoms with Crippen LogP contribution < -0.4 is 5.32 Å². The fraction of sp³-hybridized carbons (Fsp3) is 0.136. The second-order valence-electron chi connectivity index (χ2n) is 6.69. The monoisotopic (exact) mass is 373 g/mol. The molecule has 1 amide bonds. The van der Waals surface area contributed by atoms with Crippen LogP contribution in [0.2, 0.25) is 0 Å². The number of carbonyl (C=O) groups is 2. The number of nitrogens with one attached hydrogen (secondary N) is 1. The predicted octanol–water partition coefficient (Wildman–Crippen LogP) is 3.15. The minimum absolute atomic E-state index is 0.201. The summed E-state index contributed by atoms with van der Waals surface area (Å²) in [5.41, 5.74) is 2.73. The number of aryl methyl sites for hydroxylation is 1. The van der Waals surface area contributed by atoms with E-state index in [0.717, 1.165) is 21.9 Å². The molecule has 4 rings (SSSR count). The molecule has 2 N–H and O–H groups in total. The Labute approximate surface area is 161 Å². The zero-order chi connectivity index (χ0) is 19.7. The Hall–Kier alpha value is -3.67. The van der Waals surface area contributed by atoms with Crippen molar-refractivity contribution in [2.24, 2.45) is 7.05 Å². The van der Waals surface area contributed by atoms with Crippen LogP contribution in [0.5, 0.6) is 0 Å². The first-order valence-corrected chi connectivity index (χ1v) is 8.96. The van der Waals surface area contributed by atoms with Gasteiger partial charge in [0.2, 0.25) is 0 Å². The normalized spacial score (nSPS) is 12.2. The minimum Gasteiger partial charge on any atom is -0.480 e. The summed E-state index contributed by atoms with van der Waals surface area (Å²) in [6.07, 6.45) is 1.78. The van der Waals surface area contributed by atoms with E-state index < -0.39 is 17.9 Å². The van der Waals surface area contributed by atoms with Crippen molar-refractivity contribution in [3.8, 4) is 0 Å². The number of amides is 1. The predicted molar refractivity (Wildman–Crippen MR) is 107 cm³/mol. The smallest absolute Gasteiger partial charge is 0.326 e. The van der Waals surface area contributed by atoms with Crippen molar-refractivity contribution >= 4 is 33.7 Å². The van der Waals surface area contributed by atoms with Gasteiger partial charge in [0.1, 0.15) is 6.04 Å². The van der Waals surface area contributed by atoms with E-state index in [-0.39, 0.29) is 12.1 Å². The van der Waals surface area contributed by atoms with E-state index in [4.69, 9.17) is 0 Å². The topological polar surface area (TPSA) is 84.2 Å². The molecule has 0 spiro atoms. The molecule has 0 bridgehead atoms. The lowest BCUT2D eigenvalue weighted by Gasteiger charge is -2.15. The molecule has 2 aromatic heterocycles. The Bertz CT molecular complexity index is 1180. The average Bonchev–Trinajstić information content (AvgIpc) is 3.01. The number of hydrogen-bond acceptors (Lipinski definition) is 3. The maximum atomic E-state index is 12.9. The van der Waals surface area contributed by atoms with Crippen molar-refractivity contribution in [2.45, 2.75) is 12.5 Å². The Morgan fingerprint density at radius 1 is 1.04 bits per heavy atom. The molecule has 0 aliphatic carbocycles. The number of hydrogen-bond donors (Lipinski definition) is 2. The Morgan fingerprint density at radius 2 is 1.75 bits per heavy atom. The van der Waals surface area contributed by atoms with E-state index in [2.05, 4.69) is 10.3 Å². The number of benzene rings is 2. The SMILES string of the molecule is Cn1c2ccccc2c2ccnc(C(=O)N[C@@H](Cc3ccccc3)C(=O)O)c21. The highest BCUT2D eigenvalue weighted by atomic mass is 16.4. The van der Waals surface area contributed by atoms with Crippen LogP contribution in [0.25, 0.3) is 21.8 Å². The van der Waals surface area contributed by atoms with Gasteiger partial charge in [-0.1, -0.05) is 48.5 Å². The molecule has 0 radical (unpaired) electrons. The average molecular weight is 373 g/mol. The van der Waals surface area contributed by atoms with Gasteiger partial charge >= 0.3 is 5.97 Å². The number of fused-ring (bicyclic) bond motifs is 3. The van der Waals surface area contributed by atoms with Crippen molar-refractivity contribution in [1.29, 1.82) is 0 Å². The van der Waals surface area contributed by atoms with Crippen LogP contribution in [0.3, 0.4) is 0 Å². The van der Waals surface area contributed by atoms with Gasteiger partial charge in [-0.15, -0.1) is 0 Å². The molecule has 1 atom stereocenters. The van der Waals surface area contributed by atoms with E-state index in [1.54, 1.807) is 6.20 Å². The fourth-order valence-corrected chi connectivity index (χ4v) is 3.57. The highest BCUT2D eigenvalue weighted by molar-refractivity contribution is 6.14. The lowest BCUT2D eigenvalue weighted by Crippen LogP contribution is -2.42. The van der Waals surface area contributed by atoms with Gasteiger partial charge in [0.25, 0.3) is 5.91 Å². The number of rotatable bonds is 5. The third-order valence-electron chi connectivity index (χ3n) is 4.92. The van der Waals surface area contributed by atoms with Gasteiger partial charge in [-0.05, 0) is 17.7 Å². The number of aromatic nitrogens is 2. The minimum atomic E-state index is -1.08. The molecule has 4 aromatic rings. The molecule has 0 fully saturated rings. The van der Waals surface area contributed by atoms with E-state index in [0.29, 0.717) is 5.52 Å². The second kappa shape index (κ2) is 7.15. The van der Waals surface area contributed by atoms with Crippen molar-refractivity contribution in [2.75, 3.05) is 0 Å². The summed E-state index contributed by atoms with van der Waals surface area (Å²) in [7, 11) is 1.88. The van der Waals surface area contributed by atoms with Gasteiger partial charge in [0, 0.05) is 36.0 Å². The molecule has 140 valence electrons. The molecule has 0 aliphatic rings.